The van der Waals surface area contributed by atoms with Crippen LogP contribution in [0.2, 0.25) is 5.02 Å². The van der Waals surface area contributed by atoms with Gasteiger partial charge in [-0.1, -0.05) is 30.7 Å². The topological polar surface area (TPSA) is 0 Å². The van der Waals surface area contributed by atoms with E-state index in [0.29, 0.717) is 0 Å². The highest BCUT2D eigenvalue weighted by atomic mass is 35.5. The van der Waals surface area contributed by atoms with E-state index in [4.69, 9.17) is 11.6 Å². The molecule has 0 aliphatic heterocycles. The lowest BCUT2D eigenvalue weighted by Crippen LogP contribution is -1.90. The molecule has 0 aromatic heterocycles. The van der Waals surface area contributed by atoms with Crippen molar-refractivity contribution in [3.05, 3.63) is 34.3 Å². The molecule has 1 aliphatic carbocycles. The van der Waals surface area contributed by atoms with Crippen LogP contribution in [-0.2, 0) is 6.42 Å². The normalized spacial score (nSPS) is 16.5. The first-order valence-electron chi connectivity index (χ1n) is 4.60. The van der Waals surface area contributed by atoms with Crippen LogP contribution in [0.4, 0.5) is 0 Å². The molecule has 0 bridgehead atoms. The van der Waals surface area contributed by atoms with E-state index in [2.05, 4.69) is 13.0 Å². The van der Waals surface area contributed by atoms with Gasteiger partial charge in [-0.15, -0.1) is 0 Å². The van der Waals surface area contributed by atoms with Crippen molar-refractivity contribution in [3.8, 4) is 0 Å². The van der Waals surface area contributed by atoms with Gasteiger partial charge >= 0.3 is 0 Å². The summed E-state index contributed by atoms with van der Waals surface area (Å²) in [6, 6.07) is 6.25. The maximum atomic E-state index is 6.14. The lowest BCUT2D eigenvalue weighted by Gasteiger charge is -2.07. The van der Waals surface area contributed by atoms with Crippen LogP contribution in [0, 0.1) is 0 Å². The van der Waals surface area contributed by atoms with Crippen molar-refractivity contribution >= 4 is 11.6 Å². The Morgan fingerprint density at radius 1 is 1.42 bits per heavy atom. The maximum Gasteiger partial charge on any atom is 0.0443 e. The third-order valence-electron chi connectivity index (χ3n) is 2.51. The standard InChI is InChI=1S/C11H13Cl/c1-2-8-4-3-5-10(12)11(8)9-6-7-9/h3-5,9H,2,6-7H2,1H3. The molecule has 1 saturated carbocycles. The van der Waals surface area contributed by atoms with E-state index >= 15 is 0 Å². The second-order valence-electron chi connectivity index (χ2n) is 3.44. The Bertz CT molecular complexity index is 287. The first-order valence-corrected chi connectivity index (χ1v) is 4.98. The number of aryl methyl sites for hydroxylation is 1. The van der Waals surface area contributed by atoms with Gasteiger partial charge in [-0.2, -0.15) is 0 Å². The number of halogens is 1. The van der Waals surface area contributed by atoms with Crippen molar-refractivity contribution in [3.63, 3.8) is 0 Å². The fraction of sp³-hybridized carbons (Fsp3) is 0.455. The molecule has 0 N–H and O–H groups in total. The van der Waals surface area contributed by atoms with Gasteiger partial charge in [0.05, 0.1) is 0 Å². The molecule has 1 aliphatic rings. The predicted octanol–water partition coefficient (Wildman–Crippen LogP) is 3.78. The minimum Gasteiger partial charge on any atom is -0.0840 e. The smallest absolute Gasteiger partial charge is 0.0443 e. The average Bonchev–Trinajstić information content (AvgIpc) is 2.87. The summed E-state index contributed by atoms with van der Waals surface area (Å²) >= 11 is 6.14. The second-order valence-corrected chi connectivity index (χ2v) is 3.85. The van der Waals surface area contributed by atoms with Gasteiger partial charge in [-0.3, -0.25) is 0 Å². The van der Waals surface area contributed by atoms with E-state index in [0.717, 1.165) is 17.4 Å². The van der Waals surface area contributed by atoms with Crippen LogP contribution in [0.3, 0.4) is 0 Å². The Kier molecular flexibility index (Phi) is 2.10. The summed E-state index contributed by atoms with van der Waals surface area (Å²) in [4.78, 5) is 0. The van der Waals surface area contributed by atoms with E-state index in [1.165, 1.54) is 24.0 Å². The first-order chi connectivity index (χ1) is 5.83. The number of hydrogen-bond donors (Lipinski definition) is 0. The van der Waals surface area contributed by atoms with Gasteiger partial charge < -0.3 is 0 Å². The molecule has 0 heterocycles. The highest BCUT2D eigenvalue weighted by molar-refractivity contribution is 6.31. The molecular weight excluding hydrogens is 168 g/mol. The predicted molar refractivity (Wildman–Crippen MR) is 52.8 cm³/mol. The highest BCUT2D eigenvalue weighted by Crippen LogP contribution is 2.44. The average molecular weight is 181 g/mol. The Morgan fingerprint density at radius 3 is 2.75 bits per heavy atom. The monoisotopic (exact) mass is 180 g/mol. The Balaban J connectivity index is 2.45. The molecule has 0 atom stereocenters. The third kappa shape index (κ3) is 1.36. The summed E-state index contributed by atoms with van der Waals surface area (Å²) in [5.74, 6) is 0.772. The Morgan fingerprint density at radius 2 is 2.17 bits per heavy atom. The molecule has 0 unspecified atom stereocenters. The summed E-state index contributed by atoms with van der Waals surface area (Å²) in [6.07, 6.45) is 3.76. The summed E-state index contributed by atoms with van der Waals surface area (Å²) in [5.41, 5.74) is 2.85. The molecule has 0 saturated heterocycles. The quantitative estimate of drug-likeness (QED) is 0.650. The molecule has 0 nitrogen and oxygen atoms in total. The van der Waals surface area contributed by atoms with Gasteiger partial charge in [0, 0.05) is 5.02 Å². The van der Waals surface area contributed by atoms with Crippen LogP contribution in [0.25, 0.3) is 0 Å². The summed E-state index contributed by atoms with van der Waals surface area (Å²) in [7, 11) is 0. The lowest BCUT2D eigenvalue weighted by atomic mass is 10.0. The van der Waals surface area contributed by atoms with E-state index in [1.807, 2.05) is 12.1 Å². The molecule has 12 heavy (non-hydrogen) atoms. The van der Waals surface area contributed by atoms with Crippen molar-refractivity contribution in [1.29, 1.82) is 0 Å². The lowest BCUT2D eigenvalue weighted by molar-refractivity contribution is 1.03. The van der Waals surface area contributed by atoms with Gasteiger partial charge in [0.1, 0.15) is 0 Å². The van der Waals surface area contributed by atoms with Crippen molar-refractivity contribution in [2.24, 2.45) is 0 Å². The van der Waals surface area contributed by atoms with Gasteiger partial charge in [-0.25, -0.2) is 0 Å². The van der Waals surface area contributed by atoms with Crippen LogP contribution in [0.1, 0.15) is 36.8 Å². The minimum absolute atomic E-state index is 0.772. The zero-order valence-electron chi connectivity index (χ0n) is 7.31. The maximum absolute atomic E-state index is 6.14. The second kappa shape index (κ2) is 3.10. The van der Waals surface area contributed by atoms with Crippen LogP contribution < -0.4 is 0 Å². The van der Waals surface area contributed by atoms with E-state index in [-0.39, 0.29) is 0 Å². The highest BCUT2D eigenvalue weighted by Gasteiger charge is 2.27. The molecule has 0 spiro atoms. The molecule has 64 valence electrons. The van der Waals surface area contributed by atoms with Gasteiger partial charge in [-0.05, 0) is 42.4 Å². The van der Waals surface area contributed by atoms with E-state index in [1.54, 1.807) is 0 Å². The molecule has 1 fully saturated rings. The van der Waals surface area contributed by atoms with Crippen molar-refractivity contribution in [2.75, 3.05) is 0 Å². The Labute approximate surface area is 78.6 Å². The fourth-order valence-electron chi connectivity index (χ4n) is 1.72. The van der Waals surface area contributed by atoms with E-state index < -0.39 is 0 Å². The van der Waals surface area contributed by atoms with Crippen molar-refractivity contribution < 1.29 is 0 Å². The third-order valence-corrected chi connectivity index (χ3v) is 2.84. The molecular formula is C11H13Cl. The summed E-state index contributed by atoms with van der Waals surface area (Å²) in [5, 5.41) is 0.969. The van der Waals surface area contributed by atoms with Crippen LogP contribution in [-0.4, -0.2) is 0 Å². The van der Waals surface area contributed by atoms with Gasteiger partial charge in [0.25, 0.3) is 0 Å². The largest absolute Gasteiger partial charge is 0.0840 e. The fourth-order valence-corrected chi connectivity index (χ4v) is 2.07. The zero-order chi connectivity index (χ0) is 8.55. The van der Waals surface area contributed by atoms with Crippen LogP contribution in [0.15, 0.2) is 18.2 Å². The number of benzene rings is 1. The van der Waals surface area contributed by atoms with Gasteiger partial charge in [0.15, 0.2) is 0 Å². The Hall–Kier alpha value is -0.490. The molecule has 0 amide bonds. The van der Waals surface area contributed by atoms with Gasteiger partial charge in [0.2, 0.25) is 0 Å². The zero-order valence-corrected chi connectivity index (χ0v) is 8.06. The molecule has 1 aromatic rings. The molecule has 1 aromatic carbocycles. The number of rotatable bonds is 2. The SMILES string of the molecule is CCc1cccc(Cl)c1C1CC1. The molecule has 2 rings (SSSR count). The van der Waals surface area contributed by atoms with Crippen LogP contribution >= 0.6 is 11.6 Å². The minimum atomic E-state index is 0.772. The van der Waals surface area contributed by atoms with Crippen molar-refractivity contribution in [2.45, 2.75) is 32.1 Å². The molecule has 0 radical (unpaired) electrons. The number of hydrogen-bond acceptors (Lipinski definition) is 0. The first kappa shape index (κ1) is 8.12. The van der Waals surface area contributed by atoms with Crippen molar-refractivity contribution in [1.82, 2.24) is 0 Å². The van der Waals surface area contributed by atoms with E-state index in [9.17, 15) is 0 Å². The van der Waals surface area contributed by atoms with Crippen LogP contribution in [0.5, 0.6) is 0 Å². The summed E-state index contributed by atoms with van der Waals surface area (Å²) < 4.78 is 0. The summed E-state index contributed by atoms with van der Waals surface area (Å²) in [6.45, 7) is 2.19. The molecule has 1 heteroatoms.